The Morgan fingerprint density at radius 1 is 1.16 bits per heavy atom. The maximum Gasteiger partial charge on any atom is 0.258 e. The van der Waals surface area contributed by atoms with Crippen molar-refractivity contribution in [3.05, 3.63) is 79.5 Å². The summed E-state index contributed by atoms with van der Waals surface area (Å²) in [4.78, 5) is 12.4. The predicted molar refractivity (Wildman–Crippen MR) is 105 cm³/mol. The van der Waals surface area contributed by atoms with Gasteiger partial charge in [0.25, 0.3) is 5.91 Å². The number of aromatic nitrogens is 2. The molecule has 0 saturated heterocycles. The second-order valence-electron chi connectivity index (χ2n) is 5.21. The van der Waals surface area contributed by atoms with Crippen LogP contribution in [0.15, 0.2) is 53.3 Å². The average molecular weight is 460 g/mol. The van der Waals surface area contributed by atoms with Gasteiger partial charge in [0.1, 0.15) is 0 Å². The van der Waals surface area contributed by atoms with E-state index in [1.807, 2.05) is 6.07 Å². The zero-order valence-electron chi connectivity index (χ0n) is 12.6. The number of nitrogens with one attached hydrogen (secondary N) is 1. The van der Waals surface area contributed by atoms with Crippen molar-refractivity contribution in [1.82, 2.24) is 9.78 Å². The van der Waals surface area contributed by atoms with Crippen molar-refractivity contribution < 1.29 is 4.79 Å². The molecule has 8 heteroatoms. The Bertz CT molecular complexity index is 922. The molecule has 2 aromatic carbocycles. The van der Waals surface area contributed by atoms with Gasteiger partial charge in [-0.25, -0.2) is 0 Å². The van der Waals surface area contributed by atoms with Crippen LogP contribution >= 0.6 is 50.7 Å². The molecule has 0 unspecified atom stereocenters. The molecule has 1 amide bonds. The quantitative estimate of drug-likeness (QED) is 0.528. The van der Waals surface area contributed by atoms with E-state index in [-0.39, 0.29) is 5.91 Å². The Hall–Kier alpha value is -1.53. The monoisotopic (exact) mass is 457 g/mol. The molecule has 0 saturated carbocycles. The molecule has 3 rings (SSSR count). The van der Waals surface area contributed by atoms with Crippen molar-refractivity contribution in [2.45, 2.75) is 6.54 Å². The first kappa shape index (κ1) is 18.3. The van der Waals surface area contributed by atoms with Crippen molar-refractivity contribution in [2.75, 3.05) is 5.32 Å². The Morgan fingerprint density at radius 2 is 1.96 bits per heavy atom. The maximum absolute atomic E-state index is 12.4. The number of benzene rings is 2. The fourth-order valence-electron chi connectivity index (χ4n) is 2.25. The summed E-state index contributed by atoms with van der Waals surface area (Å²) in [6, 6.07) is 10.5. The number of nitrogens with zero attached hydrogens (tertiary/aromatic N) is 2. The third kappa shape index (κ3) is 4.36. The van der Waals surface area contributed by atoms with Crippen molar-refractivity contribution in [1.29, 1.82) is 0 Å². The Morgan fingerprint density at radius 3 is 2.68 bits per heavy atom. The summed E-state index contributed by atoms with van der Waals surface area (Å²) in [5.74, 6) is -0.318. The lowest BCUT2D eigenvalue weighted by molar-refractivity contribution is 0.102. The normalized spacial score (nSPS) is 10.7. The second kappa shape index (κ2) is 7.79. The van der Waals surface area contributed by atoms with Crippen LogP contribution in [-0.4, -0.2) is 15.7 Å². The van der Waals surface area contributed by atoms with E-state index in [0.717, 1.165) is 5.56 Å². The number of hydrogen-bond acceptors (Lipinski definition) is 2. The zero-order valence-corrected chi connectivity index (χ0v) is 16.5. The molecule has 0 aliphatic rings. The fourth-order valence-corrected chi connectivity index (χ4v) is 3.64. The molecule has 1 heterocycles. The molecule has 0 radical (unpaired) electrons. The van der Waals surface area contributed by atoms with Crippen LogP contribution < -0.4 is 5.32 Å². The van der Waals surface area contributed by atoms with Gasteiger partial charge in [-0.15, -0.1) is 0 Å². The van der Waals surface area contributed by atoms with Crippen LogP contribution in [0.5, 0.6) is 0 Å². The van der Waals surface area contributed by atoms with Crippen molar-refractivity contribution in [3.63, 3.8) is 0 Å². The fraction of sp³-hybridized carbons (Fsp3) is 0.0588. The number of carbonyl (C=O) groups is 1. The van der Waals surface area contributed by atoms with E-state index in [0.29, 0.717) is 37.3 Å². The van der Waals surface area contributed by atoms with Crippen LogP contribution in [0.3, 0.4) is 0 Å². The van der Waals surface area contributed by atoms with Gasteiger partial charge in [0.05, 0.1) is 29.0 Å². The summed E-state index contributed by atoms with van der Waals surface area (Å²) in [5.41, 5.74) is 1.81. The van der Waals surface area contributed by atoms with E-state index < -0.39 is 0 Å². The number of amides is 1. The van der Waals surface area contributed by atoms with Crippen LogP contribution in [0.1, 0.15) is 15.9 Å². The molecule has 3 aromatic rings. The van der Waals surface area contributed by atoms with Crippen molar-refractivity contribution in [3.8, 4) is 0 Å². The molecule has 0 aliphatic carbocycles. The van der Waals surface area contributed by atoms with Crippen LogP contribution in [0.2, 0.25) is 15.1 Å². The van der Waals surface area contributed by atoms with Crippen molar-refractivity contribution in [2.24, 2.45) is 0 Å². The molecule has 0 fully saturated rings. The molecule has 1 N–H and O–H groups in total. The number of carbonyl (C=O) groups excluding carboxylic acids is 1. The molecule has 1 aromatic heterocycles. The zero-order chi connectivity index (χ0) is 18.0. The van der Waals surface area contributed by atoms with Gasteiger partial charge < -0.3 is 5.32 Å². The van der Waals surface area contributed by atoms with E-state index >= 15 is 0 Å². The number of rotatable bonds is 4. The Labute approximate surface area is 167 Å². The highest BCUT2D eigenvalue weighted by Crippen LogP contribution is 2.26. The van der Waals surface area contributed by atoms with E-state index in [4.69, 9.17) is 34.8 Å². The summed E-state index contributed by atoms with van der Waals surface area (Å²) in [6.45, 7) is 0.460. The summed E-state index contributed by atoms with van der Waals surface area (Å²) in [5, 5.41) is 8.52. The highest BCUT2D eigenvalue weighted by atomic mass is 79.9. The largest absolute Gasteiger partial charge is 0.319 e. The van der Waals surface area contributed by atoms with Gasteiger partial charge in [0.15, 0.2) is 0 Å². The van der Waals surface area contributed by atoms with E-state index in [2.05, 4.69) is 26.3 Å². The molecule has 0 spiro atoms. The van der Waals surface area contributed by atoms with Gasteiger partial charge in [0, 0.05) is 20.7 Å². The minimum Gasteiger partial charge on any atom is -0.319 e. The molecule has 4 nitrogen and oxygen atoms in total. The van der Waals surface area contributed by atoms with Gasteiger partial charge in [-0.2, -0.15) is 5.10 Å². The topological polar surface area (TPSA) is 46.9 Å². The Balaban J connectivity index is 1.74. The number of anilines is 1. The maximum atomic E-state index is 12.4. The smallest absolute Gasteiger partial charge is 0.258 e. The van der Waals surface area contributed by atoms with Gasteiger partial charge in [-0.05, 0) is 45.8 Å². The van der Waals surface area contributed by atoms with Gasteiger partial charge in [-0.3, -0.25) is 9.48 Å². The molecule has 128 valence electrons. The third-order valence-corrected chi connectivity index (χ3v) is 4.99. The van der Waals surface area contributed by atoms with Crippen LogP contribution in [0, 0.1) is 0 Å². The summed E-state index contributed by atoms with van der Waals surface area (Å²) >= 11 is 21.5. The minimum atomic E-state index is -0.318. The third-order valence-electron chi connectivity index (χ3n) is 3.43. The standard InChI is InChI=1S/C17H11BrCl3N3O/c18-13-2-1-3-14(20)16(13)17(25)23-12-7-22-24(9-12)8-10-4-5-11(19)6-15(10)21/h1-7,9H,8H2,(H,23,25). The SMILES string of the molecule is O=C(Nc1cnn(Cc2ccc(Cl)cc2Cl)c1)c1c(Cl)cccc1Br. The summed E-state index contributed by atoms with van der Waals surface area (Å²) in [6.07, 6.45) is 3.28. The lowest BCUT2D eigenvalue weighted by Crippen LogP contribution is -2.12. The first-order valence-corrected chi connectivity index (χ1v) is 9.08. The highest BCUT2D eigenvalue weighted by molar-refractivity contribution is 9.10. The second-order valence-corrected chi connectivity index (χ2v) is 7.32. The number of halogens is 4. The van der Waals surface area contributed by atoms with Crippen LogP contribution in [0.25, 0.3) is 0 Å². The van der Waals surface area contributed by atoms with Crippen molar-refractivity contribution >= 4 is 62.3 Å². The molecule has 25 heavy (non-hydrogen) atoms. The lowest BCUT2D eigenvalue weighted by atomic mass is 10.2. The lowest BCUT2D eigenvalue weighted by Gasteiger charge is -2.07. The van der Waals surface area contributed by atoms with Crippen LogP contribution in [-0.2, 0) is 6.54 Å². The first-order chi connectivity index (χ1) is 11.9. The molecular weight excluding hydrogens is 448 g/mol. The van der Waals surface area contributed by atoms with E-state index in [1.165, 1.54) is 0 Å². The predicted octanol–water partition coefficient (Wildman–Crippen LogP) is 5.91. The summed E-state index contributed by atoms with van der Waals surface area (Å²) in [7, 11) is 0. The highest BCUT2D eigenvalue weighted by Gasteiger charge is 2.15. The molecule has 0 aliphatic heterocycles. The average Bonchev–Trinajstić information content (AvgIpc) is 2.97. The molecular formula is C17H11BrCl3N3O. The minimum absolute atomic E-state index is 0.318. The Kier molecular flexibility index (Phi) is 5.69. The molecule has 0 bridgehead atoms. The van der Waals surface area contributed by atoms with E-state index in [9.17, 15) is 4.79 Å². The van der Waals surface area contributed by atoms with E-state index in [1.54, 1.807) is 47.4 Å². The molecule has 0 atom stereocenters. The first-order valence-electron chi connectivity index (χ1n) is 7.16. The van der Waals surface area contributed by atoms with Gasteiger partial charge in [0.2, 0.25) is 0 Å². The number of hydrogen-bond donors (Lipinski definition) is 1. The van der Waals surface area contributed by atoms with Crippen LogP contribution in [0.4, 0.5) is 5.69 Å². The summed E-state index contributed by atoms with van der Waals surface area (Å²) < 4.78 is 2.30. The van der Waals surface area contributed by atoms with Gasteiger partial charge >= 0.3 is 0 Å². The van der Waals surface area contributed by atoms with Gasteiger partial charge in [-0.1, -0.05) is 46.9 Å².